The number of nitrogen functional groups attached to an aromatic ring is 1. The van der Waals surface area contributed by atoms with E-state index in [4.69, 9.17) is 10.5 Å². The van der Waals surface area contributed by atoms with Gasteiger partial charge in [-0.1, -0.05) is 11.3 Å². The lowest BCUT2D eigenvalue weighted by Crippen LogP contribution is -2.44. The lowest BCUT2D eigenvalue weighted by Gasteiger charge is -2.30. The third-order valence-electron chi connectivity index (χ3n) is 7.67. The van der Waals surface area contributed by atoms with E-state index in [0.717, 1.165) is 29.5 Å². The number of alkyl halides is 5. The first-order valence-electron chi connectivity index (χ1n) is 13.6. The van der Waals surface area contributed by atoms with Gasteiger partial charge in [-0.25, -0.2) is 22.5 Å². The highest BCUT2D eigenvalue weighted by atomic mass is 32.1. The monoisotopic (exact) mass is 629 g/mol. The number of nitrogens with one attached hydrogen (secondary N) is 1. The molecule has 0 radical (unpaired) electrons. The van der Waals surface area contributed by atoms with Crippen LogP contribution >= 0.6 is 11.3 Å². The number of nitrogens with two attached hydrogens (primary N) is 1. The Morgan fingerprint density at radius 2 is 1.84 bits per heavy atom. The van der Waals surface area contributed by atoms with Crippen LogP contribution in [0.1, 0.15) is 18.4 Å². The van der Waals surface area contributed by atoms with E-state index in [0.29, 0.717) is 45.6 Å². The first-order valence-corrected chi connectivity index (χ1v) is 14.4. The zero-order valence-electron chi connectivity index (χ0n) is 22.5. The summed E-state index contributed by atoms with van der Waals surface area (Å²) in [6.07, 6.45) is -6.26. The van der Waals surface area contributed by atoms with Crippen molar-refractivity contribution in [2.24, 2.45) is 0 Å². The molecule has 0 spiro atoms. The fourth-order valence-electron chi connectivity index (χ4n) is 5.73. The van der Waals surface area contributed by atoms with Gasteiger partial charge in [-0.05, 0) is 37.6 Å². The summed E-state index contributed by atoms with van der Waals surface area (Å²) in [6, 6.07) is 2.11. The minimum atomic E-state index is -5.01. The van der Waals surface area contributed by atoms with E-state index < -0.39 is 47.4 Å². The van der Waals surface area contributed by atoms with Gasteiger partial charge >= 0.3 is 12.2 Å². The number of hydrogen-bond acceptors (Lipinski definition) is 9. The molecule has 2 aromatic heterocycles. The highest BCUT2D eigenvalue weighted by Crippen LogP contribution is 2.46. The number of ether oxygens (including phenoxy) is 1. The zero-order valence-corrected chi connectivity index (χ0v) is 23.3. The van der Waals surface area contributed by atoms with Gasteiger partial charge in [0.2, 0.25) is 0 Å². The molecule has 43 heavy (non-hydrogen) atoms. The van der Waals surface area contributed by atoms with E-state index in [9.17, 15) is 26.3 Å². The third-order valence-corrected chi connectivity index (χ3v) is 8.56. The molecule has 6 rings (SSSR count). The molecule has 8 nitrogen and oxygen atoms in total. The van der Waals surface area contributed by atoms with Crippen molar-refractivity contribution in [2.45, 2.75) is 31.5 Å². The summed E-state index contributed by atoms with van der Waals surface area (Å²) in [5, 5.41) is 2.87. The van der Waals surface area contributed by atoms with Crippen LogP contribution in [0, 0.1) is 11.6 Å². The standard InChI is InChI=1S/C27H26F7N7OS/c28-17-4-3-14(22-23(17)43-25(35)37-22)19-16(27(32,33)34)10-15-21(20(19)31)38-26(39-24(15)40-8-5-36-6-9-40)42-12-13-2-1-7-41(13)11-18(29)30/h3-4,10,13,18,36H,1-2,5-9,11-12H2,(H2,35,37)/t13-/m0/s1. The quantitative estimate of drug-likeness (QED) is 0.266. The minimum Gasteiger partial charge on any atom is -0.462 e. The first kappa shape index (κ1) is 29.6. The maximum Gasteiger partial charge on any atom is 0.417 e. The molecule has 16 heteroatoms. The molecule has 4 heterocycles. The van der Waals surface area contributed by atoms with Crippen LogP contribution in [0.4, 0.5) is 41.7 Å². The number of rotatable bonds is 7. The van der Waals surface area contributed by atoms with Gasteiger partial charge in [-0.15, -0.1) is 0 Å². The number of thiazole rings is 1. The van der Waals surface area contributed by atoms with E-state index in [1.54, 1.807) is 9.80 Å². The first-order chi connectivity index (χ1) is 20.5. The maximum atomic E-state index is 16.5. The van der Waals surface area contributed by atoms with Gasteiger partial charge in [0, 0.05) is 48.7 Å². The van der Waals surface area contributed by atoms with E-state index in [1.165, 1.54) is 0 Å². The largest absolute Gasteiger partial charge is 0.462 e. The Bertz CT molecular complexity index is 1660. The molecule has 2 aromatic carbocycles. The second-order valence-corrected chi connectivity index (χ2v) is 11.4. The van der Waals surface area contributed by atoms with Crippen LogP contribution in [0.3, 0.4) is 0 Å². The highest BCUT2D eigenvalue weighted by Gasteiger charge is 2.38. The topological polar surface area (TPSA) is 92.4 Å². The fourth-order valence-corrected chi connectivity index (χ4v) is 6.49. The molecule has 4 aromatic rings. The van der Waals surface area contributed by atoms with Crippen molar-refractivity contribution < 1.29 is 35.5 Å². The van der Waals surface area contributed by atoms with Crippen LogP contribution in [0.15, 0.2) is 18.2 Å². The molecule has 0 bridgehead atoms. The van der Waals surface area contributed by atoms with Crippen molar-refractivity contribution >= 4 is 43.4 Å². The van der Waals surface area contributed by atoms with Gasteiger partial charge in [-0.2, -0.15) is 23.1 Å². The summed E-state index contributed by atoms with van der Waals surface area (Å²) in [7, 11) is 0. The molecule has 2 aliphatic heterocycles. The molecule has 1 atom stereocenters. The number of piperazine rings is 1. The van der Waals surface area contributed by atoms with E-state index >= 15 is 4.39 Å². The van der Waals surface area contributed by atoms with Crippen LogP contribution in [0.2, 0.25) is 0 Å². The van der Waals surface area contributed by atoms with Crippen molar-refractivity contribution in [3.63, 3.8) is 0 Å². The van der Waals surface area contributed by atoms with Gasteiger partial charge in [0.25, 0.3) is 6.43 Å². The molecular formula is C27H26F7N7OS. The number of nitrogens with zero attached hydrogens (tertiary/aromatic N) is 5. The molecule has 2 saturated heterocycles. The molecule has 230 valence electrons. The van der Waals surface area contributed by atoms with Crippen molar-refractivity contribution in [1.29, 1.82) is 0 Å². The Hall–Kier alpha value is -3.50. The lowest BCUT2D eigenvalue weighted by molar-refractivity contribution is -0.137. The molecule has 2 fully saturated rings. The summed E-state index contributed by atoms with van der Waals surface area (Å²) in [5.41, 5.74) is 2.63. The molecule has 0 saturated carbocycles. The number of fused-ring (bicyclic) bond motifs is 2. The normalized spacial score (nSPS) is 18.4. The van der Waals surface area contributed by atoms with Gasteiger partial charge in [-0.3, -0.25) is 4.90 Å². The zero-order chi connectivity index (χ0) is 30.5. The van der Waals surface area contributed by atoms with Crippen molar-refractivity contribution in [1.82, 2.24) is 25.2 Å². The smallest absolute Gasteiger partial charge is 0.417 e. The molecule has 0 unspecified atom stereocenters. The SMILES string of the molecule is Nc1nc2c(-c3c(C(F)(F)F)cc4c(N5CCNCC5)nc(OC[C@@H]5CCCN5CC(F)F)nc4c3F)ccc(F)c2s1. The summed E-state index contributed by atoms with van der Waals surface area (Å²) in [6.45, 7) is 1.74. The lowest BCUT2D eigenvalue weighted by atomic mass is 9.95. The van der Waals surface area contributed by atoms with Crippen LogP contribution in [0.25, 0.3) is 32.2 Å². The van der Waals surface area contributed by atoms with Crippen LogP contribution in [-0.4, -0.2) is 78.2 Å². The Morgan fingerprint density at radius 1 is 1.07 bits per heavy atom. The van der Waals surface area contributed by atoms with Gasteiger partial charge in [0.15, 0.2) is 10.9 Å². The summed E-state index contributed by atoms with van der Waals surface area (Å²) in [5.74, 6) is -2.02. The molecule has 3 N–H and O–H groups in total. The number of benzene rings is 2. The molecule has 2 aliphatic rings. The van der Waals surface area contributed by atoms with Crippen LogP contribution < -0.4 is 20.7 Å². The van der Waals surface area contributed by atoms with E-state index in [1.807, 2.05) is 0 Å². The molecule has 0 amide bonds. The summed E-state index contributed by atoms with van der Waals surface area (Å²) < 4.78 is 107. The summed E-state index contributed by atoms with van der Waals surface area (Å²) in [4.78, 5) is 15.9. The Kier molecular flexibility index (Phi) is 7.93. The van der Waals surface area contributed by atoms with Crippen molar-refractivity contribution in [3.8, 4) is 17.1 Å². The number of likely N-dealkylation sites (tertiary alicyclic amines) is 1. The predicted octanol–water partition coefficient (Wildman–Crippen LogP) is 5.30. The number of hydrogen-bond donors (Lipinski definition) is 2. The fraction of sp³-hybridized carbons (Fsp3) is 0.444. The Morgan fingerprint density at radius 3 is 2.56 bits per heavy atom. The molecular weight excluding hydrogens is 603 g/mol. The van der Waals surface area contributed by atoms with Crippen molar-refractivity contribution in [2.75, 3.05) is 56.5 Å². The van der Waals surface area contributed by atoms with E-state index in [-0.39, 0.29) is 50.8 Å². The van der Waals surface area contributed by atoms with Gasteiger partial charge in [0.05, 0.1) is 22.3 Å². The van der Waals surface area contributed by atoms with Crippen LogP contribution in [0.5, 0.6) is 6.01 Å². The van der Waals surface area contributed by atoms with Gasteiger partial charge in [0.1, 0.15) is 23.8 Å². The van der Waals surface area contributed by atoms with Crippen LogP contribution in [-0.2, 0) is 6.18 Å². The third kappa shape index (κ3) is 5.74. The Balaban J connectivity index is 1.52. The summed E-state index contributed by atoms with van der Waals surface area (Å²) >= 11 is 0.735. The second-order valence-electron chi connectivity index (χ2n) is 10.4. The highest BCUT2D eigenvalue weighted by molar-refractivity contribution is 7.22. The number of aromatic nitrogens is 3. The molecule has 0 aliphatic carbocycles. The average Bonchev–Trinajstić information content (AvgIpc) is 3.58. The second kappa shape index (κ2) is 11.5. The maximum absolute atomic E-state index is 16.5. The number of anilines is 2. The van der Waals surface area contributed by atoms with Crippen molar-refractivity contribution in [3.05, 3.63) is 35.4 Å². The number of halogens is 7. The van der Waals surface area contributed by atoms with Gasteiger partial charge < -0.3 is 20.7 Å². The minimum absolute atomic E-state index is 0.0514. The average molecular weight is 630 g/mol. The predicted molar refractivity (Wildman–Crippen MR) is 149 cm³/mol. The van der Waals surface area contributed by atoms with E-state index in [2.05, 4.69) is 20.3 Å². The Labute approximate surface area is 244 Å².